The lowest BCUT2D eigenvalue weighted by molar-refractivity contribution is 0.0887. The Morgan fingerprint density at radius 2 is 1.80 bits per heavy atom. The van der Waals surface area contributed by atoms with Crippen molar-refractivity contribution in [3.8, 4) is 6.07 Å². The predicted molar refractivity (Wildman–Crippen MR) is 173 cm³/mol. The normalized spacial score (nSPS) is 12.4. The maximum atomic E-state index is 13.5. The summed E-state index contributed by atoms with van der Waals surface area (Å²) in [6, 6.07) is 25.4. The second-order valence-corrected chi connectivity index (χ2v) is 13.1. The van der Waals surface area contributed by atoms with E-state index in [1.807, 2.05) is 54.6 Å². The van der Waals surface area contributed by atoms with Gasteiger partial charge in [0.05, 0.1) is 35.4 Å². The third-order valence-electron chi connectivity index (χ3n) is 6.86. The minimum Gasteiger partial charge on any atom is -0.445 e. The molecular weight excluding hydrogens is 621 g/mol. The topological polar surface area (TPSA) is 128 Å². The van der Waals surface area contributed by atoms with E-state index in [-0.39, 0.29) is 50.3 Å². The lowest BCUT2D eigenvalue weighted by Crippen LogP contribution is -2.46. The van der Waals surface area contributed by atoms with E-state index in [4.69, 9.17) is 16.3 Å². The first-order valence-electron chi connectivity index (χ1n) is 13.8. The maximum absolute atomic E-state index is 13.5. The smallest absolute Gasteiger partial charge is 0.410 e. The van der Waals surface area contributed by atoms with Gasteiger partial charge in [-0.05, 0) is 53.8 Å². The number of sulfone groups is 1. The first-order valence-corrected chi connectivity index (χ1v) is 16.2. The van der Waals surface area contributed by atoms with Gasteiger partial charge in [-0.15, -0.1) is 12.4 Å². The minimum absolute atomic E-state index is 0. The summed E-state index contributed by atoms with van der Waals surface area (Å²) in [6.45, 7) is 0.492. The molecule has 44 heavy (non-hydrogen) atoms. The molecule has 0 saturated heterocycles. The number of hydrogen-bond donors (Lipinski definition) is 2. The fourth-order valence-corrected chi connectivity index (χ4v) is 5.60. The zero-order valence-electron chi connectivity index (χ0n) is 24.2. The molecule has 12 heteroatoms. The number of carbonyl (C=O) groups is 1. The van der Waals surface area contributed by atoms with Crippen molar-refractivity contribution in [1.82, 2.24) is 20.2 Å². The highest BCUT2D eigenvalue weighted by Crippen LogP contribution is 2.20. The summed E-state index contributed by atoms with van der Waals surface area (Å²) in [5.41, 5.74) is 4.01. The first kappa shape index (κ1) is 34.6. The number of rotatable bonds is 14. The Labute approximate surface area is 269 Å². The van der Waals surface area contributed by atoms with E-state index >= 15 is 0 Å². The van der Waals surface area contributed by atoms with Crippen LogP contribution in [-0.4, -0.2) is 54.0 Å². The van der Waals surface area contributed by atoms with Gasteiger partial charge in [0.15, 0.2) is 0 Å². The average Bonchev–Trinajstić information content (AvgIpc) is 3.54. The quantitative estimate of drug-likeness (QED) is 0.174. The van der Waals surface area contributed by atoms with E-state index in [0.717, 1.165) is 22.4 Å². The molecule has 2 N–H and O–H groups in total. The molecular formula is C32H35Cl2N5O4S. The molecule has 0 radical (unpaired) electrons. The van der Waals surface area contributed by atoms with Crippen molar-refractivity contribution in [3.63, 3.8) is 0 Å². The third kappa shape index (κ3) is 11.3. The van der Waals surface area contributed by atoms with E-state index < -0.39 is 22.0 Å². The van der Waals surface area contributed by atoms with Gasteiger partial charge in [-0.2, -0.15) is 5.26 Å². The Hall–Kier alpha value is -3.88. The lowest BCUT2D eigenvalue weighted by atomic mass is 10.0. The monoisotopic (exact) mass is 655 g/mol. The Morgan fingerprint density at radius 1 is 1.07 bits per heavy atom. The van der Waals surface area contributed by atoms with E-state index in [0.29, 0.717) is 17.0 Å². The molecule has 3 aromatic carbocycles. The SMILES string of the molecule is CS(=O)(=O)CC[C@@H](CN(Cc1cccc(Cl)c1)C(=O)OCc1ccccc1)NC(Cc1ccc(C#N)cc1)c1cnc[nH]1.Cl. The van der Waals surface area contributed by atoms with Gasteiger partial charge >= 0.3 is 6.09 Å². The Bertz CT molecular complexity index is 1610. The molecule has 0 aliphatic carbocycles. The van der Waals surface area contributed by atoms with Crippen LogP contribution in [0.15, 0.2) is 91.4 Å². The van der Waals surface area contributed by atoms with Crippen molar-refractivity contribution >= 4 is 39.9 Å². The molecule has 0 aliphatic heterocycles. The van der Waals surface area contributed by atoms with Crippen molar-refractivity contribution in [1.29, 1.82) is 5.26 Å². The number of imidazole rings is 1. The molecule has 4 rings (SSSR count). The lowest BCUT2D eigenvalue weighted by Gasteiger charge is -2.31. The number of hydrogen-bond acceptors (Lipinski definition) is 7. The Balaban J connectivity index is 0.00000529. The summed E-state index contributed by atoms with van der Waals surface area (Å²) in [5, 5.41) is 13.3. The zero-order valence-corrected chi connectivity index (χ0v) is 26.6. The van der Waals surface area contributed by atoms with E-state index in [2.05, 4.69) is 21.4 Å². The average molecular weight is 657 g/mol. The number of aromatic nitrogens is 2. The van der Waals surface area contributed by atoms with Gasteiger partial charge in [0.2, 0.25) is 0 Å². The van der Waals surface area contributed by atoms with Gasteiger partial charge in [-0.25, -0.2) is 18.2 Å². The molecule has 0 aliphatic rings. The number of nitriles is 1. The van der Waals surface area contributed by atoms with Gasteiger partial charge < -0.3 is 19.9 Å². The summed E-state index contributed by atoms with van der Waals surface area (Å²) >= 11 is 6.24. The number of H-pyrrole nitrogens is 1. The number of halogens is 2. The van der Waals surface area contributed by atoms with Crippen LogP contribution in [-0.2, 0) is 34.1 Å². The van der Waals surface area contributed by atoms with Crippen molar-refractivity contribution in [2.24, 2.45) is 0 Å². The van der Waals surface area contributed by atoms with Gasteiger partial charge in [0.1, 0.15) is 16.4 Å². The molecule has 232 valence electrons. The fourth-order valence-electron chi connectivity index (χ4n) is 4.67. The van der Waals surface area contributed by atoms with Crippen molar-refractivity contribution in [2.45, 2.75) is 38.1 Å². The summed E-state index contributed by atoms with van der Waals surface area (Å²) in [5.74, 6) is -0.0682. The Morgan fingerprint density at radius 3 is 2.43 bits per heavy atom. The number of carbonyl (C=O) groups excluding carboxylic acids is 1. The predicted octanol–water partition coefficient (Wildman–Crippen LogP) is 5.87. The van der Waals surface area contributed by atoms with Gasteiger partial charge in [-0.1, -0.05) is 66.2 Å². The summed E-state index contributed by atoms with van der Waals surface area (Å²) < 4.78 is 30.1. The highest BCUT2D eigenvalue weighted by Gasteiger charge is 2.26. The summed E-state index contributed by atoms with van der Waals surface area (Å²) in [7, 11) is -3.29. The molecule has 1 heterocycles. The molecule has 1 amide bonds. The first-order chi connectivity index (χ1) is 20.7. The fraction of sp³-hybridized carbons (Fsp3) is 0.281. The van der Waals surface area contributed by atoms with Crippen molar-refractivity contribution in [3.05, 3.63) is 124 Å². The van der Waals surface area contributed by atoms with Gasteiger partial charge in [-0.3, -0.25) is 0 Å². The van der Waals surface area contributed by atoms with Crippen LogP contribution in [0.25, 0.3) is 0 Å². The molecule has 1 aromatic heterocycles. The molecule has 0 bridgehead atoms. The largest absolute Gasteiger partial charge is 0.445 e. The second-order valence-electron chi connectivity index (χ2n) is 10.4. The maximum Gasteiger partial charge on any atom is 0.410 e. The minimum atomic E-state index is -3.29. The van der Waals surface area contributed by atoms with Crippen LogP contribution in [0.5, 0.6) is 0 Å². The van der Waals surface area contributed by atoms with Gasteiger partial charge in [0, 0.05) is 36.6 Å². The summed E-state index contributed by atoms with van der Waals surface area (Å²) in [6.07, 6.45) is 4.77. The van der Waals surface area contributed by atoms with Crippen LogP contribution in [0.1, 0.15) is 40.4 Å². The van der Waals surface area contributed by atoms with Crippen LogP contribution < -0.4 is 5.32 Å². The highest BCUT2D eigenvalue weighted by atomic mass is 35.5. The van der Waals surface area contributed by atoms with Crippen molar-refractivity contribution < 1.29 is 17.9 Å². The second kappa shape index (κ2) is 16.8. The number of nitrogens with zero attached hydrogens (tertiary/aromatic N) is 3. The van der Waals surface area contributed by atoms with E-state index in [1.165, 1.54) is 6.26 Å². The zero-order chi connectivity index (χ0) is 30.7. The number of ether oxygens (including phenoxy) is 1. The molecule has 0 fully saturated rings. The summed E-state index contributed by atoms with van der Waals surface area (Å²) in [4.78, 5) is 22.4. The molecule has 9 nitrogen and oxygen atoms in total. The molecule has 4 aromatic rings. The highest BCUT2D eigenvalue weighted by molar-refractivity contribution is 7.90. The van der Waals surface area contributed by atoms with Crippen molar-refractivity contribution in [2.75, 3.05) is 18.6 Å². The van der Waals surface area contributed by atoms with Gasteiger partial charge in [0.25, 0.3) is 0 Å². The van der Waals surface area contributed by atoms with Crippen LogP contribution in [0.4, 0.5) is 4.79 Å². The van der Waals surface area contributed by atoms with E-state index in [1.54, 1.807) is 41.7 Å². The van der Waals surface area contributed by atoms with Crippen LogP contribution in [0.2, 0.25) is 5.02 Å². The standard InChI is InChI=1S/C32H34ClN5O4S.ClH/c1-43(40,41)15-14-29(37-30(31-19-35-23-36-31)17-24-10-12-25(18-34)13-11-24)21-38(20-27-8-5-9-28(33)16-27)32(39)42-22-26-6-3-2-4-7-26;/h2-13,16,19,23,29-30,37H,14-15,17,20-22H2,1H3,(H,35,36);1H/t29-,30?;/m0./s1. The number of aromatic amines is 1. The Kier molecular flexibility index (Phi) is 13.2. The van der Waals surface area contributed by atoms with Crippen LogP contribution >= 0.6 is 24.0 Å². The van der Waals surface area contributed by atoms with E-state index in [9.17, 15) is 18.5 Å². The molecule has 2 atom stereocenters. The number of nitrogens with one attached hydrogen (secondary N) is 2. The molecule has 0 spiro atoms. The van der Waals surface area contributed by atoms with Crippen LogP contribution in [0.3, 0.4) is 0 Å². The molecule has 0 saturated carbocycles. The van der Waals surface area contributed by atoms with Crippen LogP contribution in [0, 0.1) is 11.3 Å². The molecule has 1 unspecified atom stereocenters. The third-order valence-corrected chi connectivity index (χ3v) is 8.07. The number of benzene rings is 3. The number of amides is 1.